The lowest BCUT2D eigenvalue weighted by Crippen LogP contribution is -1.74. The van der Waals surface area contributed by atoms with Gasteiger partial charge in [0.05, 0.1) is 0 Å². The molecule has 1 aromatic carbocycles. The molecule has 1 fully saturated rings. The fraction of sp³-hybridized carbons (Fsp3) is 0.667. The van der Waals surface area contributed by atoms with Gasteiger partial charge >= 0.3 is 0 Å². The Morgan fingerprint density at radius 1 is 0.842 bits per heavy atom. The van der Waals surface area contributed by atoms with Crippen LogP contribution in [0.2, 0.25) is 0 Å². The number of hydrogen-bond acceptors (Lipinski definition) is 1. The van der Waals surface area contributed by atoms with Gasteiger partial charge in [-0.1, -0.05) is 81.8 Å². The third-order valence-electron chi connectivity index (χ3n) is 2.97. The third kappa shape index (κ3) is 15.1. The van der Waals surface area contributed by atoms with E-state index in [1.54, 1.807) is 0 Å². The quantitative estimate of drug-likeness (QED) is 0.627. The standard InChI is InChI=1S/C7H8.C7H16.C4H8O/c1-7-5-3-2-4-6-7;1-3-5-7-6-4-2;1-2-4-5-3-1/h2-6H,1H3;3-7H2,1-2H3;1-4H2. The van der Waals surface area contributed by atoms with E-state index in [9.17, 15) is 0 Å². The monoisotopic (exact) mass is 264 g/mol. The molecule has 110 valence electrons. The summed E-state index contributed by atoms with van der Waals surface area (Å²) in [5.74, 6) is 0. The van der Waals surface area contributed by atoms with Crippen molar-refractivity contribution in [2.45, 2.75) is 65.7 Å². The summed E-state index contributed by atoms with van der Waals surface area (Å²) in [4.78, 5) is 0. The van der Waals surface area contributed by atoms with Crippen LogP contribution in [0.15, 0.2) is 30.3 Å². The summed E-state index contributed by atoms with van der Waals surface area (Å²) in [6.45, 7) is 8.57. The summed E-state index contributed by atoms with van der Waals surface area (Å²) in [6, 6.07) is 10.3. The van der Waals surface area contributed by atoms with E-state index in [-0.39, 0.29) is 0 Å². The first-order valence-electron chi connectivity index (χ1n) is 7.90. The number of aryl methyl sites for hydroxylation is 1. The van der Waals surface area contributed by atoms with Crippen LogP contribution >= 0.6 is 0 Å². The second-order valence-electron chi connectivity index (χ2n) is 5.03. The number of unbranched alkanes of at least 4 members (excludes halogenated alkanes) is 4. The van der Waals surface area contributed by atoms with Gasteiger partial charge in [-0.15, -0.1) is 0 Å². The maximum atomic E-state index is 4.94. The van der Waals surface area contributed by atoms with Crippen molar-refractivity contribution in [2.24, 2.45) is 0 Å². The molecule has 1 nitrogen and oxygen atoms in total. The average Bonchev–Trinajstić information content (AvgIpc) is 3.00. The zero-order chi connectivity index (χ0) is 14.2. The molecule has 1 saturated heterocycles. The molecular weight excluding hydrogens is 232 g/mol. The minimum atomic E-state index is 1.00. The van der Waals surface area contributed by atoms with E-state index in [0.29, 0.717) is 0 Å². The zero-order valence-corrected chi connectivity index (χ0v) is 13.2. The molecule has 1 heterocycles. The molecule has 1 aliphatic heterocycles. The second-order valence-corrected chi connectivity index (χ2v) is 5.03. The maximum absolute atomic E-state index is 4.94. The SMILES string of the molecule is C1CCOC1.CCCCCCC.Cc1ccccc1. The minimum absolute atomic E-state index is 1.00. The van der Waals surface area contributed by atoms with Crippen molar-refractivity contribution >= 4 is 0 Å². The van der Waals surface area contributed by atoms with E-state index in [0.717, 1.165) is 13.2 Å². The summed E-state index contributed by atoms with van der Waals surface area (Å²) < 4.78 is 4.94. The molecule has 1 aliphatic rings. The topological polar surface area (TPSA) is 9.23 Å². The molecule has 1 aromatic rings. The van der Waals surface area contributed by atoms with Gasteiger partial charge in [-0.3, -0.25) is 0 Å². The fourth-order valence-corrected chi connectivity index (χ4v) is 1.72. The van der Waals surface area contributed by atoms with Gasteiger partial charge in [0.2, 0.25) is 0 Å². The van der Waals surface area contributed by atoms with Crippen molar-refractivity contribution in [1.29, 1.82) is 0 Å². The summed E-state index contributed by atoms with van der Waals surface area (Å²) >= 11 is 0. The Labute approximate surface area is 120 Å². The van der Waals surface area contributed by atoms with Gasteiger partial charge in [0.25, 0.3) is 0 Å². The van der Waals surface area contributed by atoms with Crippen LogP contribution in [-0.2, 0) is 4.74 Å². The highest BCUT2D eigenvalue weighted by Gasteiger charge is 1.94. The number of hydrogen-bond donors (Lipinski definition) is 0. The lowest BCUT2D eigenvalue weighted by Gasteiger charge is -1.90. The highest BCUT2D eigenvalue weighted by molar-refractivity contribution is 5.11. The molecule has 0 spiro atoms. The highest BCUT2D eigenvalue weighted by Crippen LogP contribution is 2.00. The minimum Gasteiger partial charge on any atom is -0.381 e. The van der Waals surface area contributed by atoms with Crippen molar-refractivity contribution in [3.8, 4) is 0 Å². The largest absolute Gasteiger partial charge is 0.381 e. The van der Waals surface area contributed by atoms with Gasteiger partial charge in [0.1, 0.15) is 0 Å². The Hall–Kier alpha value is -0.820. The first kappa shape index (κ1) is 18.2. The van der Waals surface area contributed by atoms with Crippen molar-refractivity contribution in [2.75, 3.05) is 13.2 Å². The molecule has 0 bridgehead atoms. The van der Waals surface area contributed by atoms with E-state index in [1.807, 2.05) is 18.2 Å². The fourth-order valence-electron chi connectivity index (χ4n) is 1.72. The van der Waals surface area contributed by atoms with Gasteiger partial charge in [-0.2, -0.15) is 0 Å². The molecule has 0 N–H and O–H groups in total. The first-order valence-corrected chi connectivity index (χ1v) is 7.90. The van der Waals surface area contributed by atoms with Gasteiger partial charge in [0.15, 0.2) is 0 Å². The molecular formula is C18H32O. The van der Waals surface area contributed by atoms with Crippen LogP contribution < -0.4 is 0 Å². The molecule has 0 amide bonds. The Kier molecular flexibility index (Phi) is 14.6. The first-order chi connectivity index (χ1) is 9.31. The maximum Gasteiger partial charge on any atom is 0.0466 e. The van der Waals surface area contributed by atoms with Crippen LogP contribution in [0.3, 0.4) is 0 Å². The van der Waals surface area contributed by atoms with E-state index < -0.39 is 0 Å². The molecule has 0 aromatic heterocycles. The van der Waals surface area contributed by atoms with Gasteiger partial charge < -0.3 is 4.74 Å². The third-order valence-corrected chi connectivity index (χ3v) is 2.97. The zero-order valence-electron chi connectivity index (χ0n) is 13.2. The molecule has 0 saturated carbocycles. The van der Waals surface area contributed by atoms with Gasteiger partial charge in [-0.25, -0.2) is 0 Å². The Bertz CT molecular complexity index is 240. The van der Waals surface area contributed by atoms with Gasteiger partial charge in [-0.05, 0) is 19.8 Å². The van der Waals surface area contributed by atoms with E-state index >= 15 is 0 Å². The molecule has 2 rings (SSSR count). The normalized spacial score (nSPS) is 13.0. The summed E-state index contributed by atoms with van der Waals surface area (Å²) in [5.41, 5.74) is 1.32. The van der Waals surface area contributed by atoms with E-state index in [4.69, 9.17) is 4.74 Å². The predicted octanol–water partition coefficient (Wildman–Crippen LogP) is 5.77. The van der Waals surface area contributed by atoms with Crippen LogP contribution in [0, 0.1) is 6.92 Å². The smallest absolute Gasteiger partial charge is 0.0466 e. The Morgan fingerprint density at radius 3 is 1.63 bits per heavy atom. The second kappa shape index (κ2) is 15.2. The molecule has 0 radical (unpaired) electrons. The Balaban J connectivity index is 0.000000259. The van der Waals surface area contributed by atoms with Crippen LogP contribution in [0.5, 0.6) is 0 Å². The lowest BCUT2D eigenvalue weighted by atomic mass is 10.2. The molecule has 0 unspecified atom stereocenters. The van der Waals surface area contributed by atoms with Crippen molar-refractivity contribution in [3.63, 3.8) is 0 Å². The highest BCUT2D eigenvalue weighted by atomic mass is 16.5. The van der Waals surface area contributed by atoms with Crippen LogP contribution in [0.4, 0.5) is 0 Å². The van der Waals surface area contributed by atoms with E-state index in [2.05, 4.69) is 32.9 Å². The summed E-state index contributed by atoms with van der Waals surface area (Å²) in [5, 5.41) is 0. The molecule has 1 heteroatoms. The van der Waals surface area contributed by atoms with Crippen molar-refractivity contribution < 1.29 is 4.74 Å². The lowest BCUT2D eigenvalue weighted by molar-refractivity contribution is 0.198. The number of benzene rings is 1. The van der Waals surface area contributed by atoms with Crippen LogP contribution in [-0.4, -0.2) is 13.2 Å². The molecule has 0 aliphatic carbocycles. The van der Waals surface area contributed by atoms with Crippen LogP contribution in [0.1, 0.15) is 64.4 Å². The summed E-state index contributed by atoms with van der Waals surface area (Å²) in [6.07, 6.45) is 9.56. The number of rotatable bonds is 4. The van der Waals surface area contributed by atoms with Crippen molar-refractivity contribution in [3.05, 3.63) is 35.9 Å². The van der Waals surface area contributed by atoms with E-state index in [1.165, 1.54) is 50.5 Å². The number of ether oxygens (including phenoxy) is 1. The summed E-state index contributed by atoms with van der Waals surface area (Å²) in [7, 11) is 0. The predicted molar refractivity (Wildman–Crippen MR) is 85.7 cm³/mol. The van der Waals surface area contributed by atoms with Gasteiger partial charge in [0, 0.05) is 13.2 Å². The molecule has 0 atom stereocenters. The van der Waals surface area contributed by atoms with Crippen LogP contribution in [0.25, 0.3) is 0 Å². The average molecular weight is 264 g/mol. The molecule has 19 heavy (non-hydrogen) atoms. The van der Waals surface area contributed by atoms with Crippen molar-refractivity contribution in [1.82, 2.24) is 0 Å². The Morgan fingerprint density at radius 2 is 1.37 bits per heavy atom.